The van der Waals surface area contributed by atoms with Crippen LogP contribution in [0.1, 0.15) is 5.56 Å². The zero-order chi connectivity index (χ0) is 18.6. The van der Waals surface area contributed by atoms with Crippen LogP contribution in [0.5, 0.6) is 0 Å². The van der Waals surface area contributed by atoms with E-state index in [-0.39, 0.29) is 12.3 Å². The number of nitrogens with zero attached hydrogens (tertiary/aromatic N) is 4. The molecule has 0 radical (unpaired) electrons. The van der Waals surface area contributed by atoms with Crippen LogP contribution < -0.4 is 5.32 Å². The van der Waals surface area contributed by atoms with Crippen molar-refractivity contribution in [1.29, 1.82) is 0 Å². The van der Waals surface area contributed by atoms with Crippen molar-refractivity contribution in [2.45, 2.75) is 6.42 Å². The van der Waals surface area contributed by atoms with Crippen molar-refractivity contribution in [2.75, 3.05) is 5.32 Å². The highest BCUT2D eigenvalue weighted by molar-refractivity contribution is 9.10. The van der Waals surface area contributed by atoms with Crippen molar-refractivity contribution in [3.63, 3.8) is 0 Å². The van der Waals surface area contributed by atoms with E-state index in [1.54, 1.807) is 21.8 Å². The second-order valence-corrected chi connectivity index (χ2v) is 6.87. The Labute approximate surface area is 164 Å². The molecule has 134 valence electrons. The van der Waals surface area contributed by atoms with Gasteiger partial charge in [0.05, 0.1) is 23.5 Å². The minimum absolute atomic E-state index is 0.0895. The summed E-state index contributed by atoms with van der Waals surface area (Å²) >= 11 is 3.45. The third-order valence-corrected chi connectivity index (χ3v) is 4.55. The summed E-state index contributed by atoms with van der Waals surface area (Å²) in [5.41, 5.74) is 3.40. The van der Waals surface area contributed by atoms with Crippen molar-refractivity contribution in [3.05, 3.63) is 89.4 Å². The quantitative estimate of drug-likeness (QED) is 0.529. The topological polar surface area (TPSA) is 64.7 Å². The molecule has 0 aliphatic heterocycles. The van der Waals surface area contributed by atoms with E-state index < -0.39 is 0 Å². The van der Waals surface area contributed by atoms with Crippen LogP contribution in [0.15, 0.2) is 83.9 Å². The number of halogens is 1. The first-order valence-electron chi connectivity index (χ1n) is 8.37. The average molecular weight is 422 g/mol. The fraction of sp³-hybridized carbons (Fsp3) is 0.0500. The summed E-state index contributed by atoms with van der Waals surface area (Å²) in [7, 11) is 0. The van der Waals surface area contributed by atoms with Gasteiger partial charge in [-0.1, -0.05) is 28.1 Å². The van der Waals surface area contributed by atoms with E-state index in [0.717, 1.165) is 21.4 Å². The van der Waals surface area contributed by atoms with Crippen LogP contribution in [0.25, 0.3) is 11.4 Å². The van der Waals surface area contributed by atoms with Gasteiger partial charge in [0.25, 0.3) is 0 Å². The lowest BCUT2D eigenvalue weighted by Crippen LogP contribution is -2.16. The van der Waals surface area contributed by atoms with E-state index in [0.29, 0.717) is 5.69 Å². The molecule has 0 aliphatic rings. The Hall–Kier alpha value is -3.19. The molecule has 6 nitrogen and oxygen atoms in total. The normalized spacial score (nSPS) is 10.7. The number of benzene rings is 2. The third kappa shape index (κ3) is 3.98. The van der Waals surface area contributed by atoms with Gasteiger partial charge in [-0.05, 0) is 48.0 Å². The molecule has 0 bridgehead atoms. The summed E-state index contributed by atoms with van der Waals surface area (Å²) in [4.78, 5) is 12.6. The summed E-state index contributed by atoms with van der Waals surface area (Å²) < 4.78 is 4.39. The molecule has 4 rings (SSSR count). The number of nitrogens with one attached hydrogen (secondary N) is 1. The second kappa shape index (κ2) is 7.59. The monoisotopic (exact) mass is 421 g/mol. The molecule has 2 aromatic carbocycles. The molecule has 0 atom stereocenters. The summed E-state index contributed by atoms with van der Waals surface area (Å²) in [6.07, 6.45) is 7.44. The Morgan fingerprint density at radius 3 is 2.33 bits per heavy atom. The van der Waals surface area contributed by atoms with E-state index in [2.05, 4.69) is 31.4 Å². The largest absolute Gasteiger partial charge is 0.324 e. The van der Waals surface area contributed by atoms with Crippen LogP contribution in [0.4, 0.5) is 5.69 Å². The molecule has 4 aromatic rings. The lowest BCUT2D eigenvalue weighted by Gasteiger charge is -2.12. The zero-order valence-corrected chi connectivity index (χ0v) is 15.9. The third-order valence-electron chi connectivity index (χ3n) is 4.05. The molecular weight excluding hydrogens is 406 g/mol. The maximum absolute atomic E-state index is 12.6. The molecule has 0 aliphatic carbocycles. The van der Waals surface area contributed by atoms with Gasteiger partial charge < -0.3 is 5.32 Å². The Bertz CT molecular complexity index is 1040. The van der Waals surface area contributed by atoms with E-state index in [9.17, 15) is 4.79 Å². The van der Waals surface area contributed by atoms with Crippen LogP contribution >= 0.6 is 15.9 Å². The number of carbonyl (C=O) groups excluding carboxylic acids is 1. The van der Waals surface area contributed by atoms with Crippen LogP contribution in [0.3, 0.4) is 0 Å². The van der Waals surface area contributed by atoms with Gasteiger partial charge in [-0.3, -0.25) is 4.79 Å². The number of hydrogen-bond donors (Lipinski definition) is 1. The van der Waals surface area contributed by atoms with E-state index >= 15 is 0 Å². The predicted octanol–water partition coefficient (Wildman–Crippen LogP) is 4.00. The average Bonchev–Trinajstić information content (AvgIpc) is 3.37. The van der Waals surface area contributed by atoms with Gasteiger partial charge in [-0.15, -0.1) is 0 Å². The number of amides is 1. The molecule has 2 heterocycles. The van der Waals surface area contributed by atoms with E-state index in [1.165, 1.54) is 0 Å². The molecule has 2 aromatic heterocycles. The van der Waals surface area contributed by atoms with E-state index in [1.807, 2.05) is 67.0 Å². The second-order valence-electron chi connectivity index (χ2n) is 5.95. The SMILES string of the molecule is O=C(Cc1ccc(-n2cccn2)cc1)Nc1cc(Br)ccc1-n1cccn1. The predicted molar refractivity (Wildman–Crippen MR) is 107 cm³/mol. The fourth-order valence-electron chi connectivity index (χ4n) is 2.79. The molecule has 1 amide bonds. The smallest absolute Gasteiger partial charge is 0.228 e. The Kier molecular flexibility index (Phi) is 4.84. The summed E-state index contributed by atoms with van der Waals surface area (Å²) in [6, 6.07) is 17.2. The van der Waals surface area contributed by atoms with Gasteiger partial charge in [0.2, 0.25) is 5.91 Å². The maximum Gasteiger partial charge on any atom is 0.228 e. The zero-order valence-electron chi connectivity index (χ0n) is 14.3. The fourth-order valence-corrected chi connectivity index (χ4v) is 3.15. The van der Waals surface area contributed by atoms with Crippen molar-refractivity contribution < 1.29 is 4.79 Å². The van der Waals surface area contributed by atoms with E-state index in [4.69, 9.17) is 0 Å². The number of anilines is 1. The molecule has 0 saturated heterocycles. The van der Waals surface area contributed by atoms with Gasteiger partial charge >= 0.3 is 0 Å². The highest BCUT2D eigenvalue weighted by Crippen LogP contribution is 2.24. The Morgan fingerprint density at radius 1 is 0.963 bits per heavy atom. The van der Waals surface area contributed by atoms with Crippen LogP contribution in [-0.4, -0.2) is 25.5 Å². The molecular formula is C20H16BrN5O. The first-order valence-corrected chi connectivity index (χ1v) is 9.17. The number of carbonyl (C=O) groups is 1. The minimum Gasteiger partial charge on any atom is -0.324 e. The van der Waals surface area contributed by atoms with Gasteiger partial charge in [0.15, 0.2) is 0 Å². The minimum atomic E-state index is -0.0895. The lowest BCUT2D eigenvalue weighted by atomic mass is 10.1. The van der Waals surface area contributed by atoms with Crippen molar-refractivity contribution in [1.82, 2.24) is 19.6 Å². The number of aromatic nitrogens is 4. The van der Waals surface area contributed by atoms with Gasteiger partial charge in [-0.2, -0.15) is 10.2 Å². The highest BCUT2D eigenvalue weighted by atomic mass is 79.9. The van der Waals surface area contributed by atoms with Gasteiger partial charge in [-0.25, -0.2) is 9.36 Å². The summed E-state index contributed by atoms with van der Waals surface area (Å²) in [5.74, 6) is -0.0895. The van der Waals surface area contributed by atoms with Crippen LogP contribution in [-0.2, 0) is 11.2 Å². The summed E-state index contributed by atoms with van der Waals surface area (Å²) in [6.45, 7) is 0. The van der Waals surface area contributed by atoms with Crippen LogP contribution in [0.2, 0.25) is 0 Å². The number of rotatable bonds is 5. The highest BCUT2D eigenvalue weighted by Gasteiger charge is 2.10. The Morgan fingerprint density at radius 2 is 1.67 bits per heavy atom. The molecule has 7 heteroatoms. The molecule has 0 spiro atoms. The standard InChI is InChI=1S/C20H16BrN5O/c21-16-5-8-19(26-12-2-10-23-26)18(14-16)24-20(27)13-15-3-6-17(7-4-15)25-11-1-9-22-25/h1-12,14H,13H2,(H,24,27). The van der Waals surface area contributed by atoms with Crippen molar-refractivity contribution >= 4 is 27.5 Å². The van der Waals surface area contributed by atoms with Gasteiger partial charge in [0.1, 0.15) is 0 Å². The first kappa shape index (κ1) is 17.2. The first-order chi connectivity index (χ1) is 13.2. The molecule has 0 saturated carbocycles. The van der Waals surface area contributed by atoms with Gasteiger partial charge in [0, 0.05) is 29.3 Å². The number of hydrogen-bond acceptors (Lipinski definition) is 3. The van der Waals surface area contributed by atoms with Crippen LogP contribution in [0, 0.1) is 0 Å². The lowest BCUT2D eigenvalue weighted by molar-refractivity contribution is -0.115. The van der Waals surface area contributed by atoms with Crippen molar-refractivity contribution in [3.8, 4) is 11.4 Å². The summed E-state index contributed by atoms with van der Waals surface area (Å²) in [5, 5.41) is 11.4. The molecule has 27 heavy (non-hydrogen) atoms. The maximum atomic E-state index is 12.6. The molecule has 1 N–H and O–H groups in total. The van der Waals surface area contributed by atoms with Crippen molar-refractivity contribution in [2.24, 2.45) is 0 Å². The molecule has 0 unspecified atom stereocenters. The Balaban J connectivity index is 1.49. The molecule has 0 fully saturated rings.